The summed E-state index contributed by atoms with van der Waals surface area (Å²) in [7, 11) is 0. The summed E-state index contributed by atoms with van der Waals surface area (Å²) in [5, 5.41) is 8.19. The summed E-state index contributed by atoms with van der Waals surface area (Å²) in [6.07, 6.45) is 0. The van der Waals surface area contributed by atoms with E-state index >= 15 is 0 Å². The quantitative estimate of drug-likeness (QED) is 0.791. The van der Waals surface area contributed by atoms with Crippen molar-refractivity contribution in [1.29, 1.82) is 0 Å². The number of benzene rings is 1. The molecule has 2 nitrogen and oxygen atoms in total. The third kappa shape index (κ3) is 1.94. The van der Waals surface area contributed by atoms with Crippen molar-refractivity contribution in [2.45, 2.75) is 0 Å². The van der Waals surface area contributed by atoms with Gasteiger partial charge in [0, 0.05) is 10.0 Å². The van der Waals surface area contributed by atoms with Crippen LogP contribution in [0.25, 0.3) is 11.3 Å². The first-order chi connectivity index (χ1) is 6.77. The molecule has 0 fully saturated rings. The van der Waals surface area contributed by atoms with E-state index < -0.39 is 0 Å². The third-order valence-corrected chi connectivity index (χ3v) is 2.67. The van der Waals surface area contributed by atoms with E-state index in [0.717, 1.165) is 15.7 Å². The fourth-order valence-electron chi connectivity index (χ4n) is 1.13. The molecular weight excluding hydrogens is 263 g/mol. The molecular formula is C10H6BrClN2. The molecule has 0 saturated carbocycles. The summed E-state index contributed by atoms with van der Waals surface area (Å²) in [6, 6.07) is 11.4. The maximum absolute atomic E-state index is 5.65. The van der Waals surface area contributed by atoms with Crippen LogP contribution in [-0.2, 0) is 0 Å². The van der Waals surface area contributed by atoms with Crippen molar-refractivity contribution >= 4 is 27.5 Å². The molecule has 2 aromatic rings. The van der Waals surface area contributed by atoms with E-state index in [1.165, 1.54) is 0 Å². The summed E-state index contributed by atoms with van der Waals surface area (Å²) >= 11 is 9.10. The van der Waals surface area contributed by atoms with Gasteiger partial charge in [0.05, 0.1) is 5.69 Å². The Hall–Kier alpha value is -0.930. The van der Waals surface area contributed by atoms with E-state index in [0.29, 0.717) is 5.15 Å². The van der Waals surface area contributed by atoms with Gasteiger partial charge < -0.3 is 0 Å². The van der Waals surface area contributed by atoms with Gasteiger partial charge in [0.25, 0.3) is 0 Å². The van der Waals surface area contributed by atoms with Crippen molar-refractivity contribution in [2.24, 2.45) is 0 Å². The van der Waals surface area contributed by atoms with E-state index in [9.17, 15) is 0 Å². The third-order valence-electron chi connectivity index (χ3n) is 1.78. The van der Waals surface area contributed by atoms with Crippen LogP contribution in [0.3, 0.4) is 0 Å². The average molecular weight is 270 g/mol. The van der Waals surface area contributed by atoms with E-state index in [1.54, 1.807) is 6.07 Å². The minimum Gasteiger partial charge on any atom is -0.149 e. The highest BCUT2D eigenvalue weighted by Crippen LogP contribution is 2.25. The van der Waals surface area contributed by atoms with Gasteiger partial charge in [-0.15, -0.1) is 10.2 Å². The first-order valence-electron chi connectivity index (χ1n) is 4.01. The highest BCUT2D eigenvalue weighted by molar-refractivity contribution is 9.10. The Morgan fingerprint density at radius 3 is 2.43 bits per heavy atom. The Kier molecular flexibility index (Phi) is 2.79. The Balaban J connectivity index is 2.50. The molecule has 0 aliphatic carbocycles. The molecule has 0 aliphatic rings. The molecule has 0 radical (unpaired) electrons. The maximum Gasteiger partial charge on any atom is 0.151 e. The largest absolute Gasteiger partial charge is 0.151 e. The van der Waals surface area contributed by atoms with Crippen LogP contribution in [0.2, 0.25) is 5.15 Å². The Morgan fingerprint density at radius 1 is 1.00 bits per heavy atom. The van der Waals surface area contributed by atoms with Gasteiger partial charge in [0.15, 0.2) is 5.15 Å². The topological polar surface area (TPSA) is 25.8 Å². The Bertz CT molecular complexity index is 442. The zero-order valence-corrected chi connectivity index (χ0v) is 9.46. The van der Waals surface area contributed by atoms with Crippen LogP contribution in [0.1, 0.15) is 0 Å². The Morgan fingerprint density at radius 2 is 1.79 bits per heavy atom. The van der Waals surface area contributed by atoms with Crippen molar-refractivity contribution in [3.8, 4) is 11.3 Å². The fraction of sp³-hybridized carbons (Fsp3) is 0. The lowest BCUT2D eigenvalue weighted by Gasteiger charge is -2.01. The van der Waals surface area contributed by atoms with E-state index in [1.807, 2.05) is 30.3 Å². The van der Waals surface area contributed by atoms with Gasteiger partial charge in [-0.05, 0) is 18.2 Å². The van der Waals surface area contributed by atoms with Gasteiger partial charge in [-0.2, -0.15) is 0 Å². The molecule has 0 aliphatic heterocycles. The number of aromatic nitrogens is 2. The van der Waals surface area contributed by atoms with Crippen LogP contribution in [0, 0.1) is 0 Å². The molecule has 1 aromatic carbocycles. The highest BCUT2D eigenvalue weighted by Gasteiger charge is 2.03. The molecule has 0 N–H and O–H groups in total. The second kappa shape index (κ2) is 4.07. The van der Waals surface area contributed by atoms with Gasteiger partial charge in [0.1, 0.15) is 0 Å². The molecule has 4 heteroatoms. The molecule has 14 heavy (non-hydrogen) atoms. The highest BCUT2D eigenvalue weighted by atomic mass is 79.9. The Labute approximate surface area is 95.1 Å². The molecule has 1 heterocycles. The second-order valence-corrected chi connectivity index (χ2v) is 3.96. The van der Waals surface area contributed by atoms with Crippen molar-refractivity contribution in [3.05, 3.63) is 46.0 Å². The molecule has 2 rings (SSSR count). The van der Waals surface area contributed by atoms with Gasteiger partial charge >= 0.3 is 0 Å². The van der Waals surface area contributed by atoms with E-state index in [-0.39, 0.29) is 0 Å². The van der Waals surface area contributed by atoms with Gasteiger partial charge in [-0.3, -0.25) is 0 Å². The lowest BCUT2D eigenvalue weighted by atomic mass is 10.1. The van der Waals surface area contributed by atoms with Crippen LogP contribution >= 0.6 is 27.5 Å². The molecule has 0 spiro atoms. The number of hydrogen-bond donors (Lipinski definition) is 0. The summed E-state index contributed by atoms with van der Waals surface area (Å²) in [5.74, 6) is 0. The van der Waals surface area contributed by atoms with Crippen LogP contribution in [0.4, 0.5) is 0 Å². The molecule has 0 atom stereocenters. The van der Waals surface area contributed by atoms with Crippen molar-refractivity contribution < 1.29 is 0 Å². The van der Waals surface area contributed by atoms with Crippen LogP contribution in [-0.4, -0.2) is 10.2 Å². The molecule has 70 valence electrons. The second-order valence-electron chi connectivity index (χ2n) is 2.72. The first-order valence-corrected chi connectivity index (χ1v) is 5.18. The summed E-state index contributed by atoms with van der Waals surface area (Å²) in [6.45, 7) is 0. The molecule has 1 aromatic heterocycles. The maximum atomic E-state index is 5.65. The smallest absolute Gasteiger partial charge is 0.149 e. The summed E-state index contributed by atoms with van der Waals surface area (Å²) in [5.41, 5.74) is 1.82. The minimum absolute atomic E-state index is 0.404. The monoisotopic (exact) mass is 268 g/mol. The number of rotatable bonds is 1. The molecule has 0 saturated heterocycles. The number of hydrogen-bond acceptors (Lipinski definition) is 2. The predicted molar refractivity (Wildman–Crippen MR) is 60.2 cm³/mol. The SMILES string of the molecule is Clc1ccc(-c2ccccc2Br)nn1. The molecule has 0 unspecified atom stereocenters. The van der Waals surface area contributed by atoms with Gasteiger partial charge in [0.2, 0.25) is 0 Å². The first kappa shape index (κ1) is 9.62. The number of halogens is 2. The summed E-state index contributed by atoms with van der Waals surface area (Å²) < 4.78 is 0.997. The lowest BCUT2D eigenvalue weighted by molar-refractivity contribution is 1.04. The van der Waals surface area contributed by atoms with Crippen LogP contribution in [0.5, 0.6) is 0 Å². The fourth-order valence-corrected chi connectivity index (χ4v) is 1.72. The predicted octanol–water partition coefficient (Wildman–Crippen LogP) is 3.56. The molecule has 0 bridgehead atoms. The van der Waals surface area contributed by atoms with Crippen molar-refractivity contribution in [1.82, 2.24) is 10.2 Å². The molecule has 0 amide bonds. The van der Waals surface area contributed by atoms with Crippen molar-refractivity contribution in [3.63, 3.8) is 0 Å². The van der Waals surface area contributed by atoms with E-state index in [2.05, 4.69) is 26.1 Å². The van der Waals surface area contributed by atoms with Crippen molar-refractivity contribution in [2.75, 3.05) is 0 Å². The lowest BCUT2D eigenvalue weighted by Crippen LogP contribution is -1.87. The standard InChI is InChI=1S/C10H6BrClN2/c11-8-4-2-1-3-7(8)9-5-6-10(12)14-13-9/h1-6H. The minimum atomic E-state index is 0.404. The van der Waals surface area contributed by atoms with Gasteiger partial charge in [-0.25, -0.2) is 0 Å². The summed E-state index contributed by atoms with van der Waals surface area (Å²) in [4.78, 5) is 0. The van der Waals surface area contributed by atoms with Gasteiger partial charge in [-0.1, -0.05) is 45.7 Å². The normalized spacial score (nSPS) is 10.1. The zero-order valence-electron chi connectivity index (χ0n) is 7.11. The van der Waals surface area contributed by atoms with E-state index in [4.69, 9.17) is 11.6 Å². The van der Waals surface area contributed by atoms with Crippen LogP contribution < -0.4 is 0 Å². The van der Waals surface area contributed by atoms with Crippen LogP contribution in [0.15, 0.2) is 40.9 Å². The average Bonchev–Trinajstić information content (AvgIpc) is 2.20. The number of nitrogens with zero attached hydrogens (tertiary/aromatic N) is 2. The zero-order chi connectivity index (χ0) is 9.97.